The summed E-state index contributed by atoms with van der Waals surface area (Å²) in [6.45, 7) is 6.87. The Bertz CT molecular complexity index is 283. The molecular weight excluding hydrogens is 280 g/mol. The molecule has 0 bridgehead atoms. The summed E-state index contributed by atoms with van der Waals surface area (Å²) in [5.74, 6) is 0. The lowest BCUT2D eigenvalue weighted by molar-refractivity contribution is -0.305. The first-order chi connectivity index (χ1) is 9.37. The molecular formula is C13H28O6Si. The van der Waals surface area contributed by atoms with Gasteiger partial charge in [0, 0.05) is 28.4 Å². The highest BCUT2D eigenvalue weighted by atomic mass is 28.4. The van der Waals surface area contributed by atoms with Crippen LogP contribution in [0.2, 0.25) is 19.6 Å². The minimum Gasteiger partial charge on any atom is -0.415 e. The molecule has 6 nitrogen and oxygen atoms in total. The topological polar surface area (TPSA) is 55.4 Å². The third kappa shape index (κ3) is 4.49. The van der Waals surface area contributed by atoms with Crippen LogP contribution in [0, 0.1) is 0 Å². The summed E-state index contributed by atoms with van der Waals surface area (Å²) in [5.41, 5.74) is 0. The molecule has 1 fully saturated rings. The van der Waals surface area contributed by atoms with Crippen LogP contribution in [0.5, 0.6) is 0 Å². The standard InChI is InChI=1S/C13H28O6Si/c1-14-10-9(8-18-20(5,6)7)19-13(17-4)12(16-3)11(10)15-2/h9-13H,8H2,1-7H3/t9-,10-,11+,12-,13+/m1/s1. The normalized spacial score (nSPS) is 35.2. The summed E-state index contributed by atoms with van der Waals surface area (Å²) < 4.78 is 33.7. The first kappa shape index (κ1) is 18.0. The molecule has 0 aromatic carbocycles. The third-order valence-corrected chi connectivity index (χ3v) is 4.35. The molecule has 7 heteroatoms. The zero-order valence-electron chi connectivity index (χ0n) is 13.5. The van der Waals surface area contributed by atoms with Crippen molar-refractivity contribution in [2.75, 3.05) is 35.0 Å². The first-order valence-electron chi connectivity index (χ1n) is 6.78. The molecule has 0 aliphatic carbocycles. The lowest BCUT2D eigenvalue weighted by atomic mass is 9.98. The predicted molar refractivity (Wildman–Crippen MR) is 77.4 cm³/mol. The van der Waals surface area contributed by atoms with Gasteiger partial charge < -0.3 is 28.1 Å². The molecule has 0 saturated carbocycles. The number of methoxy groups -OCH3 is 4. The van der Waals surface area contributed by atoms with E-state index in [1.54, 1.807) is 28.4 Å². The first-order valence-corrected chi connectivity index (χ1v) is 10.2. The summed E-state index contributed by atoms with van der Waals surface area (Å²) in [4.78, 5) is 0. The molecule has 1 aliphatic rings. The number of hydrogen-bond acceptors (Lipinski definition) is 6. The highest BCUT2D eigenvalue weighted by Crippen LogP contribution is 2.28. The van der Waals surface area contributed by atoms with Crippen molar-refractivity contribution in [2.24, 2.45) is 0 Å². The molecule has 20 heavy (non-hydrogen) atoms. The average molecular weight is 308 g/mol. The highest BCUT2D eigenvalue weighted by molar-refractivity contribution is 6.69. The maximum Gasteiger partial charge on any atom is 0.186 e. The Morgan fingerprint density at radius 1 is 0.800 bits per heavy atom. The molecule has 1 heterocycles. The second-order valence-corrected chi connectivity index (χ2v) is 10.3. The fourth-order valence-electron chi connectivity index (χ4n) is 2.34. The SMILES string of the molecule is CO[C@H]1O[C@H](CO[Si](C)(C)C)[C@@H](OC)[C@H](OC)[C@H]1OC. The molecule has 0 aromatic heterocycles. The van der Waals surface area contributed by atoms with Crippen molar-refractivity contribution in [3.05, 3.63) is 0 Å². The van der Waals surface area contributed by atoms with E-state index in [0.717, 1.165) is 0 Å². The second-order valence-electron chi connectivity index (χ2n) is 5.80. The molecule has 120 valence electrons. The third-order valence-electron chi connectivity index (χ3n) is 3.32. The largest absolute Gasteiger partial charge is 0.415 e. The van der Waals surface area contributed by atoms with Gasteiger partial charge in [-0.2, -0.15) is 0 Å². The Labute approximate surface area is 122 Å². The van der Waals surface area contributed by atoms with E-state index >= 15 is 0 Å². The summed E-state index contributed by atoms with van der Waals surface area (Å²) in [5, 5.41) is 0. The van der Waals surface area contributed by atoms with Crippen molar-refractivity contribution in [3.63, 3.8) is 0 Å². The predicted octanol–water partition coefficient (Wildman–Crippen LogP) is 1.25. The molecule has 1 saturated heterocycles. The van der Waals surface area contributed by atoms with Crippen molar-refractivity contribution in [2.45, 2.75) is 50.3 Å². The summed E-state index contributed by atoms with van der Waals surface area (Å²) in [6, 6.07) is 0. The Hall–Kier alpha value is -0.0231. The zero-order chi connectivity index (χ0) is 15.3. The van der Waals surface area contributed by atoms with Crippen molar-refractivity contribution in [3.8, 4) is 0 Å². The molecule has 0 radical (unpaired) electrons. The van der Waals surface area contributed by atoms with Gasteiger partial charge in [-0.25, -0.2) is 0 Å². The molecule has 0 unspecified atom stereocenters. The number of hydrogen-bond donors (Lipinski definition) is 0. The maximum absolute atomic E-state index is 5.94. The second kappa shape index (κ2) is 7.84. The van der Waals surface area contributed by atoms with Gasteiger partial charge in [0.15, 0.2) is 14.6 Å². The van der Waals surface area contributed by atoms with E-state index in [4.69, 9.17) is 28.1 Å². The smallest absolute Gasteiger partial charge is 0.186 e. The van der Waals surface area contributed by atoms with E-state index in [1.807, 2.05) is 0 Å². The molecule has 1 aliphatic heterocycles. The van der Waals surface area contributed by atoms with Gasteiger partial charge in [-0.3, -0.25) is 0 Å². The minimum atomic E-state index is -1.62. The van der Waals surface area contributed by atoms with Crippen molar-refractivity contribution in [1.29, 1.82) is 0 Å². The van der Waals surface area contributed by atoms with Crippen molar-refractivity contribution < 1.29 is 28.1 Å². The van der Waals surface area contributed by atoms with Crippen LogP contribution >= 0.6 is 0 Å². The van der Waals surface area contributed by atoms with E-state index in [9.17, 15) is 0 Å². The lowest BCUT2D eigenvalue weighted by Crippen LogP contribution is -2.61. The van der Waals surface area contributed by atoms with Gasteiger partial charge in [0.1, 0.15) is 24.4 Å². The molecule has 5 atom stereocenters. The van der Waals surface area contributed by atoms with Crippen LogP contribution in [0.15, 0.2) is 0 Å². The van der Waals surface area contributed by atoms with Gasteiger partial charge in [0.05, 0.1) is 6.61 Å². The van der Waals surface area contributed by atoms with E-state index in [1.165, 1.54) is 0 Å². The minimum absolute atomic E-state index is 0.243. The fourth-order valence-corrected chi connectivity index (χ4v) is 3.00. The van der Waals surface area contributed by atoms with E-state index in [0.29, 0.717) is 6.61 Å². The lowest BCUT2D eigenvalue weighted by Gasteiger charge is -2.44. The van der Waals surface area contributed by atoms with Crippen molar-refractivity contribution in [1.82, 2.24) is 0 Å². The quantitative estimate of drug-likeness (QED) is 0.660. The monoisotopic (exact) mass is 308 g/mol. The number of rotatable bonds is 7. The van der Waals surface area contributed by atoms with Gasteiger partial charge in [-0.15, -0.1) is 0 Å². The van der Waals surface area contributed by atoms with Crippen LogP contribution in [0.3, 0.4) is 0 Å². The van der Waals surface area contributed by atoms with E-state index in [2.05, 4.69) is 19.6 Å². The van der Waals surface area contributed by atoms with Crippen LogP contribution < -0.4 is 0 Å². The number of ether oxygens (including phenoxy) is 5. The Kier molecular flexibility index (Phi) is 7.06. The molecule has 0 spiro atoms. The summed E-state index contributed by atoms with van der Waals surface area (Å²) in [7, 11) is 4.85. The van der Waals surface area contributed by atoms with Crippen molar-refractivity contribution >= 4 is 8.32 Å². The Morgan fingerprint density at radius 3 is 1.75 bits per heavy atom. The summed E-state index contributed by atoms with van der Waals surface area (Å²) in [6.07, 6.45) is -1.59. The van der Waals surface area contributed by atoms with Crippen LogP contribution in [0.4, 0.5) is 0 Å². The van der Waals surface area contributed by atoms with E-state index < -0.39 is 14.6 Å². The van der Waals surface area contributed by atoms with Crippen LogP contribution in [0.25, 0.3) is 0 Å². The van der Waals surface area contributed by atoms with Crippen LogP contribution in [0.1, 0.15) is 0 Å². The Balaban J connectivity index is 2.82. The maximum atomic E-state index is 5.94. The zero-order valence-corrected chi connectivity index (χ0v) is 14.5. The summed E-state index contributed by atoms with van der Waals surface area (Å²) >= 11 is 0. The fraction of sp³-hybridized carbons (Fsp3) is 1.00. The van der Waals surface area contributed by atoms with Gasteiger partial charge in [0.25, 0.3) is 0 Å². The van der Waals surface area contributed by atoms with Crippen LogP contribution in [-0.2, 0) is 28.1 Å². The van der Waals surface area contributed by atoms with Gasteiger partial charge in [-0.1, -0.05) is 0 Å². The average Bonchev–Trinajstić information content (AvgIpc) is 2.41. The van der Waals surface area contributed by atoms with E-state index in [-0.39, 0.29) is 24.4 Å². The Morgan fingerprint density at radius 2 is 1.35 bits per heavy atom. The molecule has 0 N–H and O–H groups in total. The molecule has 0 amide bonds. The molecule has 0 aromatic rings. The van der Waals surface area contributed by atoms with Crippen LogP contribution in [-0.4, -0.2) is 74.1 Å². The van der Waals surface area contributed by atoms with Gasteiger partial charge in [-0.05, 0) is 19.6 Å². The highest BCUT2D eigenvalue weighted by Gasteiger charge is 2.47. The van der Waals surface area contributed by atoms with Gasteiger partial charge >= 0.3 is 0 Å². The molecule has 1 rings (SSSR count). The van der Waals surface area contributed by atoms with Gasteiger partial charge in [0.2, 0.25) is 0 Å².